The van der Waals surface area contributed by atoms with Crippen LogP contribution < -0.4 is 21.7 Å². The van der Waals surface area contributed by atoms with Gasteiger partial charge >= 0.3 is 5.97 Å². The topological polar surface area (TPSA) is 200 Å². The number of nitrogens with one attached hydrogen (secondary N) is 4. The summed E-state index contributed by atoms with van der Waals surface area (Å²) in [4.78, 5) is 55.7. The van der Waals surface area contributed by atoms with Crippen LogP contribution in [-0.2, 0) is 25.6 Å². The molecule has 0 aliphatic heterocycles. The number of amides is 3. The second kappa shape index (κ2) is 14.0. The zero-order valence-electron chi connectivity index (χ0n) is 17.8. The van der Waals surface area contributed by atoms with E-state index in [1.54, 1.807) is 0 Å². The fraction of sp³-hybridized carbons (Fsp3) is 0.611. The van der Waals surface area contributed by atoms with E-state index in [2.05, 4.69) is 38.5 Å². The second-order valence-electron chi connectivity index (χ2n) is 7.03. The molecule has 0 saturated heterocycles. The van der Waals surface area contributed by atoms with Crippen molar-refractivity contribution in [2.24, 2.45) is 5.73 Å². The fourth-order valence-corrected chi connectivity index (χ4v) is 3.28. The minimum atomic E-state index is -1.24. The van der Waals surface area contributed by atoms with Crippen LogP contribution in [0.2, 0.25) is 0 Å². The molecular formula is C18H30N6O6S2. The van der Waals surface area contributed by atoms with Crippen molar-refractivity contribution in [2.45, 2.75) is 50.0 Å². The van der Waals surface area contributed by atoms with Gasteiger partial charge in [-0.15, -0.1) is 0 Å². The lowest BCUT2D eigenvalue weighted by atomic mass is 10.1. The minimum absolute atomic E-state index is 0.0170. The van der Waals surface area contributed by atoms with Crippen molar-refractivity contribution in [1.82, 2.24) is 25.9 Å². The number of aromatic amines is 1. The van der Waals surface area contributed by atoms with E-state index in [4.69, 9.17) is 5.73 Å². The van der Waals surface area contributed by atoms with Gasteiger partial charge in [0.1, 0.15) is 24.2 Å². The van der Waals surface area contributed by atoms with Crippen molar-refractivity contribution in [3.05, 3.63) is 18.2 Å². The number of hydrogen-bond donors (Lipinski definition) is 8. The van der Waals surface area contributed by atoms with Crippen molar-refractivity contribution in [3.8, 4) is 0 Å². The Morgan fingerprint density at radius 1 is 1.16 bits per heavy atom. The predicted molar refractivity (Wildman–Crippen MR) is 122 cm³/mol. The van der Waals surface area contributed by atoms with Crippen LogP contribution in [0.3, 0.4) is 0 Å². The summed E-state index contributed by atoms with van der Waals surface area (Å²) in [6, 6.07) is -4.62. The zero-order valence-corrected chi connectivity index (χ0v) is 19.5. The highest BCUT2D eigenvalue weighted by molar-refractivity contribution is 7.98. The zero-order chi connectivity index (χ0) is 24.3. The molecule has 0 fully saturated rings. The van der Waals surface area contributed by atoms with Crippen LogP contribution in [0.15, 0.2) is 12.5 Å². The van der Waals surface area contributed by atoms with Crippen molar-refractivity contribution in [2.75, 3.05) is 17.8 Å². The van der Waals surface area contributed by atoms with Crippen LogP contribution in [0, 0.1) is 0 Å². The summed E-state index contributed by atoms with van der Waals surface area (Å²) < 4.78 is 0. The Kier molecular flexibility index (Phi) is 12.1. The predicted octanol–water partition coefficient (Wildman–Crippen LogP) is -2.12. The number of imidazole rings is 1. The summed E-state index contributed by atoms with van der Waals surface area (Å²) in [5, 5.41) is 26.2. The van der Waals surface area contributed by atoms with E-state index >= 15 is 0 Å². The molecule has 14 heteroatoms. The molecular weight excluding hydrogens is 460 g/mol. The summed E-state index contributed by atoms with van der Waals surface area (Å²) in [5.74, 6) is -2.92. The molecule has 0 aromatic carbocycles. The third-order valence-electron chi connectivity index (χ3n) is 4.48. The van der Waals surface area contributed by atoms with Crippen LogP contribution >= 0.6 is 24.4 Å². The van der Waals surface area contributed by atoms with Gasteiger partial charge in [0.25, 0.3) is 0 Å². The Morgan fingerprint density at radius 2 is 1.75 bits per heavy atom. The molecule has 8 N–H and O–H groups in total. The quantitative estimate of drug-likeness (QED) is 0.134. The number of aliphatic hydroxyl groups excluding tert-OH is 1. The number of rotatable bonds is 14. The third-order valence-corrected chi connectivity index (χ3v) is 5.48. The molecule has 5 atom stereocenters. The van der Waals surface area contributed by atoms with Gasteiger partial charge in [0.15, 0.2) is 0 Å². The highest BCUT2D eigenvalue weighted by atomic mass is 32.2. The van der Waals surface area contributed by atoms with Gasteiger partial charge in [-0.2, -0.15) is 24.4 Å². The van der Waals surface area contributed by atoms with Gasteiger partial charge in [0, 0.05) is 24.1 Å². The monoisotopic (exact) mass is 490 g/mol. The molecule has 0 aliphatic carbocycles. The minimum Gasteiger partial charge on any atom is -0.480 e. The molecule has 3 amide bonds. The molecule has 1 aromatic heterocycles. The van der Waals surface area contributed by atoms with E-state index in [1.165, 1.54) is 31.2 Å². The number of H-pyrrole nitrogens is 1. The summed E-state index contributed by atoms with van der Waals surface area (Å²) in [5.41, 5.74) is 6.09. The van der Waals surface area contributed by atoms with Crippen molar-refractivity contribution in [1.29, 1.82) is 0 Å². The first-order valence-corrected chi connectivity index (χ1v) is 11.8. The van der Waals surface area contributed by atoms with Crippen LogP contribution in [0.5, 0.6) is 0 Å². The van der Waals surface area contributed by atoms with Crippen LogP contribution in [0.4, 0.5) is 0 Å². The molecule has 0 spiro atoms. The molecule has 0 aliphatic rings. The second-order valence-corrected chi connectivity index (χ2v) is 8.38. The average molecular weight is 491 g/mol. The first-order valence-electron chi connectivity index (χ1n) is 9.75. The Hall–Kier alpha value is -2.29. The highest BCUT2D eigenvalue weighted by Gasteiger charge is 2.30. The summed E-state index contributed by atoms with van der Waals surface area (Å²) in [6.07, 6.45) is 3.76. The molecule has 0 radical (unpaired) electrons. The van der Waals surface area contributed by atoms with Gasteiger partial charge in [0.2, 0.25) is 17.7 Å². The Labute approximate surface area is 195 Å². The van der Waals surface area contributed by atoms with E-state index in [-0.39, 0.29) is 18.6 Å². The number of aliphatic carboxylic acids is 1. The number of nitrogens with zero attached hydrogens (tertiary/aromatic N) is 1. The largest absolute Gasteiger partial charge is 0.480 e. The number of nitrogens with two attached hydrogens (primary N) is 1. The number of aliphatic hydroxyl groups is 1. The maximum Gasteiger partial charge on any atom is 0.326 e. The van der Waals surface area contributed by atoms with Gasteiger partial charge in [-0.3, -0.25) is 14.4 Å². The first kappa shape index (κ1) is 27.7. The molecule has 5 unspecified atom stereocenters. The molecule has 12 nitrogen and oxygen atoms in total. The number of thioether (sulfide) groups is 1. The highest BCUT2D eigenvalue weighted by Crippen LogP contribution is 2.05. The lowest BCUT2D eigenvalue weighted by Crippen LogP contribution is -2.58. The van der Waals surface area contributed by atoms with Gasteiger partial charge in [-0.1, -0.05) is 0 Å². The van der Waals surface area contributed by atoms with Gasteiger partial charge in [-0.25, -0.2) is 9.78 Å². The van der Waals surface area contributed by atoms with E-state index in [9.17, 15) is 29.4 Å². The van der Waals surface area contributed by atoms with Crippen molar-refractivity contribution < 1.29 is 29.4 Å². The number of aromatic nitrogens is 2. The molecule has 180 valence electrons. The van der Waals surface area contributed by atoms with Crippen molar-refractivity contribution in [3.63, 3.8) is 0 Å². The summed E-state index contributed by atoms with van der Waals surface area (Å²) >= 11 is 5.50. The fourth-order valence-electron chi connectivity index (χ4n) is 2.55. The van der Waals surface area contributed by atoms with E-state index in [0.29, 0.717) is 11.4 Å². The van der Waals surface area contributed by atoms with E-state index in [0.717, 1.165) is 0 Å². The molecule has 1 heterocycles. The molecule has 1 rings (SSSR count). The number of carboxylic acids is 1. The van der Waals surface area contributed by atoms with Crippen LogP contribution in [0.1, 0.15) is 19.0 Å². The Bertz CT molecular complexity index is 763. The summed E-state index contributed by atoms with van der Waals surface area (Å²) in [7, 11) is 0. The Morgan fingerprint density at radius 3 is 2.25 bits per heavy atom. The Balaban J connectivity index is 2.85. The molecule has 0 saturated carbocycles. The normalized spacial score (nSPS) is 15.7. The lowest BCUT2D eigenvalue weighted by Gasteiger charge is -2.24. The molecule has 1 aromatic rings. The molecule has 32 heavy (non-hydrogen) atoms. The van der Waals surface area contributed by atoms with E-state index in [1.807, 2.05) is 6.26 Å². The van der Waals surface area contributed by atoms with Crippen molar-refractivity contribution >= 4 is 48.1 Å². The van der Waals surface area contributed by atoms with Crippen LogP contribution in [-0.4, -0.2) is 91.9 Å². The average Bonchev–Trinajstić information content (AvgIpc) is 3.26. The number of carbonyl (C=O) groups is 4. The van der Waals surface area contributed by atoms with E-state index < -0.39 is 54.0 Å². The smallest absolute Gasteiger partial charge is 0.326 e. The SMILES string of the molecule is CSCCC(NC(=O)C(CS)NC(=O)C(N)C(C)O)C(=O)NC(Cc1cnc[nH]1)C(=O)O. The third kappa shape index (κ3) is 9.06. The molecule has 0 bridgehead atoms. The maximum absolute atomic E-state index is 12.8. The number of carbonyl (C=O) groups excluding carboxylic acids is 3. The van der Waals surface area contributed by atoms with Crippen LogP contribution in [0.25, 0.3) is 0 Å². The number of hydrogen-bond acceptors (Lipinski definition) is 9. The lowest BCUT2D eigenvalue weighted by molar-refractivity contribution is -0.142. The standard InChI is InChI=1S/C18H30N6O6S2/c1-9(25)14(19)17(28)24-13(7-31)16(27)22-11(3-4-32-2)15(26)23-12(18(29)30)5-10-6-20-8-21-10/h6,8-9,11-14,25,31H,3-5,7,19H2,1-2H3,(H,20,21)(H,22,27)(H,23,26)(H,24,28)(H,29,30). The van der Waals surface area contributed by atoms with Gasteiger partial charge in [-0.05, 0) is 25.4 Å². The maximum atomic E-state index is 12.8. The number of carboxylic acid groups (broad SMARTS) is 1. The number of thiol groups is 1. The van der Waals surface area contributed by atoms with Gasteiger partial charge in [0.05, 0.1) is 12.4 Å². The first-order chi connectivity index (χ1) is 15.1. The van der Waals surface area contributed by atoms with Gasteiger partial charge < -0.3 is 36.9 Å². The summed E-state index contributed by atoms with van der Waals surface area (Å²) in [6.45, 7) is 1.34.